The predicted molar refractivity (Wildman–Crippen MR) is 157 cm³/mol. The Kier molecular flexibility index (Phi) is 18.7. The Morgan fingerprint density at radius 2 is 1.23 bits per heavy atom. The SMILES string of the molecule is CCCCC(CC)COCCOC(C)c1ccc(C(=O)O)c(C(=O)O)c1C(C)OCCOCC(CC)CCCC. The third-order valence-electron chi connectivity index (χ3n) is 7.55. The van der Waals surface area contributed by atoms with Gasteiger partial charge in [-0.2, -0.15) is 0 Å². The Balaban J connectivity index is 2.88. The molecule has 0 amide bonds. The topological polar surface area (TPSA) is 112 Å². The highest BCUT2D eigenvalue weighted by atomic mass is 16.5. The smallest absolute Gasteiger partial charge is 0.336 e. The van der Waals surface area contributed by atoms with Gasteiger partial charge in [0.05, 0.1) is 49.8 Å². The first-order chi connectivity index (χ1) is 19.2. The molecule has 8 heteroatoms. The maximum atomic E-state index is 12.3. The average Bonchev–Trinajstić information content (AvgIpc) is 2.94. The lowest BCUT2D eigenvalue weighted by Gasteiger charge is -2.24. The van der Waals surface area contributed by atoms with E-state index in [-0.39, 0.29) is 17.7 Å². The molecule has 0 saturated heterocycles. The molecule has 230 valence electrons. The summed E-state index contributed by atoms with van der Waals surface area (Å²) in [5.41, 5.74) is 0.377. The van der Waals surface area contributed by atoms with Crippen LogP contribution in [0, 0.1) is 11.8 Å². The molecule has 0 radical (unpaired) electrons. The number of hydrogen-bond acceptors (Lipinski definition) is 6. The van der Waals surface area contributed by atoms with E-state index < -0.39 is 24.1 Å². The van der Waals surface area contributed by atoms with Crippen molar-refractivity contribution < 1.29 is 38.7 Å². The van der Waals surface area contributed by atoms with Crippen molar-refractivity contribution in [1.82, 2.24) is 0 Å². The molecule has 0 bridgehead atoms. The Hall–Kier alpha value is -2.00. The molecule has 0 aromatic heterocycles. The molecule has 40 heavy (non-hydrogen) atoms. The van der Waals surface area contributed by atoms with Crippen LogP contribution in [0.3, 0.4) is 0 Å². The van der Waals surface area contributed by atoms with E-state index in [0.29, 0.717) is 56.0 Å². The Morgan fingerprint density at radius 3 is 1.65 bits per heavy atom. The van der Waals surface area contributed by atoms with Crippen molar-refractivity contribution in [2.24, 2.45) is 11.8 Å². The van der Waals surface area contributed by atoms with Gasteiger partial charge in [0.1, 0.15) is 0 Å². The van der Waals surface area contributed by atoms with E-state index in [1.165, 1.54) is 25.3 Å². The molecule has 0 fully saturated rings. The summed E-state index contributed by atoms with van der Waals surface area (Å²) < 4.78 is 23.7. The zero-order valence-corrected chi connectivity index (χ0v) is 25.7. The normalized spacial score (nSPS) is 14.6. The van der Waals surface area contributed by atoms with Crippen LogP contribution in [0.1, 0.15) is 137 Å². The summed E-state index contributed by atoms with van der Waals surface area (Å²) in [6.45, 7) is 15.1. The predicted octanol–water partition coefficient (Wildman–Crippen LogP) is 7.70. The average molecular weight is 567 g/mol. The summed E-state index contributed by atoms with van der Waals surface area (Å²) in [7, 11) is 0. The zero-order chi connectivity index (χ0) is 29.9. The highest BCUT2D eigenvalue weighted by molar-refractivity contribution is 6.03. The number of carboxylic acids is 2. The van der Waals surface area contributed by atoms with E-state index in [1.807, 2.05) is 6.92 Å². The number of unbranched alkanes of at least 4 members (excludes halogenated alkanes) is 2. The van der Waals surface area contributed by atoms with Crippen molar-refractivity contribution in [3.8, 4) is 0 Å². The minimum absolute atomic E-state index is 0.265. The molecule has 1 rings (SSSR count). The van der Waals surface area contributed by atoms with Crippen LogP contribution in [-0.4, -0.2) is 61.8 Å². The van der Waals surface area contributed by atoms with E-state index in [2.05, 4.69) is 27.7 Å². The van der Waals surface area contributed by atoms with Crippen LogP contribution < -0.4 is 0 Å². The summed E-state index contributed by atoms with van der Waals surface area (Å²) in [4.78, 5) is 24.1. The second kappa shape index (κ2) is 20.8. The van der Waals surface area contributed by atoms with Crippen molar-refractivity contribution in [3.05, 3.63) is 34.4 Å². The van der Waals surface area contributed by atoms with Crippen LogP contribution in [-0.2, 0) is 18.9 Å². The quantitative estimate of drug-likeness (QED) is 0.122. The molecule has 0 aliphatic rings. The third kappa shape index (κ3) is 12.7. The maximum absolute atomic E-state index is 12.3. The Morgan fingerprint density at radius 1 is 0.725 bits per heavy atom. The summed E-state index contributed by atoms with van der Waals surface area (Å²) in [5, 5.41) is 19.7. The van der Waals surface area contributed by atoms with E-state index >= 15 is 0 Å². The van der Waals surface area contributed by atoms with Gasteiger partial charge in [0.25, 0.3) is 0 Å². The van der Waals surface area contributed by atoms with E-state index in [1.54, 1.807) is 13.0 Å². The lowest BCUT2D eigenvalue weighted by atomic mass is 9.90. The van der Waals surface area contributed by atoms with E-state index in [0.717, 1.165) is 32.1 Å². The molecule has 1 aromatic carbocycles. The van der Waals surface area contributed by atoms with Gasteiger partial charge in [0.2, 0.25) is 0 Å². The monoisotopic (exact) mass is 566 g/mol. The van der Waals surface area contributed by atoms with Crippen LogP contribution in [0.15, 0.2) is 12.1 Å². The van der Waals surface area contributed by atoms with Gasteiger partial charge in [-0.1, -0.05) is 72.3 Å². The number of carbonyl (C=O) groups is 2. The highest BCUT2D eigenvalue weighted by Gasteiger charge is 2.28. The molecule has 0 spiro atoms. The van der Waals surface area contributed by atoms with Crippen LogP contribution in [0.5, 0.6) is 0 Å². The van der Waals surface area contributed by atoms with Crippen LogP contribution in [0.25, 0.3) is 0 Å². The van der Waals surface area contributed by atoms with Crippen LogP contribution in [0.2, 0.25) is 0 Å². The Labute approximate surface area is 241 Å². The first kappa shape index (κ1) is 36.0. The molecule has 1 aromatic rings. The molecule has 8 nitrogen and oxygen atoms in total. The Bertz CT molecular complexity index is 856. The lowest BCUT2D eigenvalue weighted by molar-refractivity contribution is -0.00730. The fourth-order valence-electron chi connectivity index (χ4n) is 4.87. The fourth-order valence-corrected chi connectivity index (χ4v) is 4.87. The largest absolute Gasteiger partial charge is 0.478 e. The minimum Gasteiger partial charge on any atom is -0.478 e. The minimum atomic E-state index is -1.31. The standard InChI is InChI=1S/C32H54O8/c1-7-11-13-25(9-3)21-37-17-19-39-23(5)27-15-16-28(31(33)34)30(32(35)36)29(27)24(6)40-20-18-38-22-26(10-4)14-12-8-2/h15-16,23-26H,7-14,17-22H2,1-6H3,(H,33,34)(H,35,36). The molecule has 2 N–H and O–H groups in total. The molecular formula is C32H54O8. The number of carboxylic acid groups (broad SMARTS) is 2. The van der Waals surface area contributed by atoms with Gasteiger partial charge in [0, 0.05) is 18.8 Å². The molecule has 4 unspecified atom stereocenters. The summed E-state index contributed by atoms with van der Waals surface area (Å²) in [6, 6.07) is 2.96. The second-order valence-corrected chi connectivity index (χ2v) is 10.6. The number of benzene rings is 1. The van der Waals surface area contributed by atoms with Crippen molar-refractivity contribution >= 4 is 11.9 Å². The highest BCUT2D eigenvalue weighted by Crippen LogP contribution is 2.33. The summed E-state index contributed by atoms with van der Waals surface area (Å²) in [6.07, 6.45) is 7.99. The van der Waals surface area contributed by atoms with Crippen LogP contribution >= 0.6 is 0 Å². The summed E-state index contributed by atoms with van der Waals surface area (Å²) >= 11 is 0. The molecule has 0 aliphatic heterocycles. The van der Waals surface area contributed by atoms with Gasteiger partial charge in [-0.25, -0.2) is 9.59 Å². The van der Waals surface area contributed by atoms with E-state index in [4.69, 9.17) is 18.9 Å². The molecular weight excluding hydrogens is 512 g/mol. The molecule has 0 heterocycles. The van der Waals surface area contributed by atoms with Gasteiger partial charge < -0.3 is 29.2 Å². The van der Waals surface area contributed by atoms with Crippen molar-refractivity contribution in [1.29, 1.82) is 0 Å². The number of ether oxygens (including phenoxy) is 4. The zero-order valence-electron chi connectivity index (χ0n) is 25.7. The van der Waals surface area contributed by atoms with Gasteiger partial charge in [-0.15, -0.1) is 0 Å². The molecule has 0 aliphatic carbocycles. The second-order valence-electron chi connectivity index (χ2n) is 10.6. The van der Waals surface area contributed by atoms with Gasteiger partial charge in [-0.3, -0.25) is 0 Å². The molecule has 0 saturated carbocycles. The van der Waals surface area contributed by atoms with Crippen LogP contribution in [0.4, 0.5) is 0 Å². The molecule has 4 atom stereocenters. The van der Waals surface area contributed by atoms with Crippen molar-refractivity contribution in [2.75, 3.05) is 39.6 Å². The fraction of sp³-hybridized carbons (Fsp3) is 0.750. The van der Waals surface area contributed by atoms with Gasteiger partial charge >= 0.3 is 11.9 Å². The van der Waals surface area contributed by atoms with Crippen molar-refractivity contribution in [3.63, 3.8) is 0 Å². The van der Waals surface area contributed by atoms with Crippen molar-refractivity contribution in [2.45, 2.75) is 105 Å². The first-order valence-corrected chi connectivity index (χ1v) is 15.2. The summed E-state index contributed by atoms with van der Waals surface area (Å²) in [5.74, 6) is -1.55. The van der Waals surface area contributed by atoms with Gasteiger partial charge in [-0.05, 0) is 50.2 Å². The lowest BCUT2D eigenvalue weighted by Crippen LogP contribution is -2.20. The third-order valence-corrected chi connectivity index (χ3v) is 7.55. The number of rotatable bonds is 24. The van der Waals surface area contributed by atoms with E-state index in [9.17, 15) is 19.8 Å². The number of hydrogen-bond donors (Lipinski definition) is 2. The maximum Gasteiger partial charge on any atom is 0.336 e. The first-order valence-electron chi connectivity index (χ1n) is 15.2. The van der Waals surface area contributed by atoms with Gasteiger partial charge in [0.15, 0.2) is 0 Å². The number of aromatic carboxylic acids is 2.